The molecule has 2 aromatic carbocycles. The third-order valence-electron chi connectivity index (χ3n) is 4.80. The molecule has 0 saturated carbocycles. The van der Waals surface area contributed by atoms with Crippen molar-refractivity contribution in [3.8, 4) is 0 Å². The lowest BCUT2D eigenvalue weighted by Crippen LogP contribution is -2.48. The zero-order chi connectivity index (χ0) is 18.8. The molecule has 0 aliphatic carbocycles. The molecule has 4 rings (SSSR count). The number of amides is 2. The first-order valence-corrected chi connectivity index (χ1v) is 8.94. The Bertz CT molecular complexity index is 974. The van der Waals surface area contributed by atoms with Crippen molar-refractivity contribution in [3.05, 3.63) is 59.7 Å². The van der Waals surface area contributed by atoms with Crippen molar-refractivity contribution in [1.82, 2.24) is 19.8 Å². The summed E-state index contributed by atoms with van der Waals surface area (Å²) in [4.78, 5) is 36.4. The van der Waals surface area contributed by atoms with Gasteiger partial charge in [-0.2, -0.15) is 0 Å². The monoisotopic (exact) mass is 363 g/mol. The summed E-state index contributed by atoms with van der Waals surface area (Å²) in [6.07, 6.45) is 0. The first-order chi connectivity index (χ1) is 13.1. The van der Waals surface area contributed by atoms with E-state index in [0.717, 1.165) is 13.1 Å². The number of urea groups is 1. The van der Waals surface area contributed by atoms with Gasteiger partial charge in [-0.1, -0.05) is 30.3 Å². The topological polar surface area (TPSA) is 81.3 Å². The van der Waals surface area contributed by atoms with Crippen LogP contribution >= 0.6 is 0 Å². The van der Waals surface area contributed by atoms with Crippen LogP contribution in [0.1, 0.15) is 15.9 Å². The van der Waals surface area contributed by atoms with E-state index in [4.69, 9.17) is 0 Å². The molecule has 7 heteroatoms. The van der Waals surface area contributed by atoms with Crippen molar-refractivity contribution >= 4 is 28.8 Å². The Morgan fingerprint density at radius 1 is 1.00 bits per heavy atom. The summed E-state index contributed by atoms with van der Waals surface area (Å²) in [5.41, 5.74) is 2.63. The SMILES string of the molecule is CN1CCN(C(=O)Nc2nc3ccc(C(=O)c4ccccc4)cc3[nH]2)CC1. The minimum absolute atomic E-state index is 0.0462. The number of ketones is 1. The summed E-state index contributed by atoms with van der Waals surface area (Å²) >= 11 is 0. The van der Waals surface area contributed by atoms with Gasteiger partial charge in [-0.3, -0.25) is 10.1 Å². The van der Waals surface area contributed by atoms with E-state index in [1.807, 2.05) is 25.2 Å². The molecule has 2 amide bonds. The van der Waals surface area contributed by atoms with Crippen LogP contribution in [0.25, 0.3) is 11.0 Å². The van der Waals surface area contributed by atoms with Crippen LogP contribution in [-0.2, 0) is 0 Å². The molecule has 138 valence electrons. The maximum atomic E-state index is 12.6. The van der Waals surface area contributed by atoms with E-state index >= 15 is 0 Å². The Morgan fingerprint density at radius 2 is 1.74 bits per heavy atom. The molecule has 1 fully saturated rings. The van der Waals surface area contributed by atoms with Gasteiger partial charge < -0.3 is 14.8 Å². The Labute approximate surface area is 157 Å². The Hall–Kier alpha value is -3.19. The number of hydrogen-bond acceptors (Lipinski definition) is 4. The minimum Gasteiger partial charge on any atom is -0.324 e. The predicted octanol–water partition coefficient (Wildman–Crippen LogP) is 2.57. The normalized spacial score (nSPS) is 15.1. The molecule has 0 unspecified atom stereocenters. The predicted molar refractivity (Wildman–Crippen MR) is 104 cm³/mol. The van der Waals surface area contributed by atoms with E-state index in [1.54, 1.807) is 35.2 Å². The minimum atomic E-state index is -0.164. The number of carbonyl (C=O) groups excluding carboxylic acids is 2. The van der Waals surface area contributed by atoms with Gasteiger partial charge in [-0.15, -0.1) is 0 Å². The number of nitrogens with one attached hydrogen (secondary N) is 2. The fraction of sp³-hybridized carbons (Fsp3) is 0.250. The zero-order valence-corrected chi connectivity index (χ0v) is 15.1. The molecule has 0 bridgehead atoms. The highest BCUT2D eigenvalue weighted by molar-refractivity contribution is 6.10. The largest absolute Gasteiger partial charge is 0.324 e. The molecular formula is C20H21N5O2. The fourth-order valence-electron chi connectivity index (χ4n) is 3.16. The number of fused-ring (bicyclic) bond motifs is 1. The second-order valence-electron chi connectivity index (χ2n) is 6.73. The van der Waals surface area contributed by atoms with Crippen LogP contribution in [0.5, 0.6) is 0 Å². The highest BCUT2D eigenvalue weighted by atomic mass is 16.2. The summed E-state index contributed by atoms with van der Waals surface area (Å²) in [5, 5.41) is 2.81. The number of benzene rings is 2. The average Bonchev–Trinajstić information content (AvgIpc) is 3.10. The first-order valence-electron chi connectivity index (χ1n) is 8.94. The molecule has 1 aliphatic rings. The zero-order valence-electron chi connectivity index (χ0n) is 15.1. The number of likely N-dealkylation sites (N-methyl/N-ethyl adjacent to an activating group) is 1. The fourth-order valence-corrected chi connectivity index (χ4v) is 3.16. The van der Waals surface area contributed by atoms with Gasteiger partial charge in [-0.05, 0) is 25.2 Å². The van der Waals surface area contributed by atoms with Gasteiger partial charge in [0.1, 0.15) is 0 Å². The number of H-pyrrole nitrogens is 1. The second-order valence-corrected chi connectivity index (χ2v) is 6.73. The van der Waals surface area contributed by atoms with Crippen molar-refractivity contribution in [2.75, 3.05) is 38.5 Å². The number of anilines is 1. The van der Waals surface area contributed by atoms with Crippen molar-refractivity contribution < 1.29 is 9.59 Å². The number of nitrogens with zero attached hydrogens (tertiary/aromatic N) is 3. The van der Waals surface area contributed by atoms with Crippen LogP contribution in [0.4, 0.5) is 10.7 Å². The number of aromatic amines is 1. The van der Waals surface area contributed by atoms with Crippen molar-refractivity contribution in [2.24, 2.45) is 0 Å². The Kier molecular flexibility index (Phi) is 4.60. The molecule has 0 spiro atoms. The van der Waals surface area contributed by atoms with E-state index in [1.165, 1.54) is 0 Å². The van der Waals surface area contributed by atoms with Crippen LogP contribution < -0.4 is 5.32 Å². The molecule has 3 aromatic rings. The summed E-state index contributed by atoms with van der Waals surface area (Å²) < 4.78 is 0. The van der Waals surface area contributed by atoms with E-state index < -0.39 is 0 Å². The second kappa shape index (κ2) is 7.20. The van der Waals surface area contributed by atoms with E-state index in [-0.39, 0.29) is 11.8 Å². The summed E-state index contributed by atoms with van der Waals surface area (Å²) in [6, 6.07) is 14.3. The molecule has 2 heterocycles. The molecule has 1 aromatic heterocycles. The number of imidazole rings is 1. The lowest BCUT2D eigenvalue weighted by atomic mass is 10.0. The molecule has 2 N–H and O–H groups in total. The maximum Gasteiger partial charge on any atom is 0.324 e. The maximum absolute atomic E-state index is 12.6. The van der Waals surface area contributed by atoms with Crippen LogP contribution in [0.2, 0.25) is 0 Å². The standard InChI is InChI=1S/C20H21N5O2/c1-24-9-11-25(12-10-24)20(27)23-19-21-16-8-7-15(13-17(16)22-19)18(26)14-5-3-2-4-6-14/h2-8,13H,9-12H2,1H3,(H2,21,22,23,27). The van der Waals surface area contributed by atoms with Crippen molar-refractivity contribution in [1.29, 1.82) is 0 Å². The smallest absolute Gasteiger partial charge is 0.324 e. The van der Waals surface area contributed by atoms with Crippen LogP contribution in [0, 0.1) is 0 Å². The summed E-state index contributed by atoms with van der Waals surface area (Å²) in [5.74, 6) is 0.341. The number of piperazine rings is 1. The van der Waals surface area contributed by atoms with Gasteiger partial charge >= 0.3 is 6.03 Å². The summed E-state index contributed by atoms with van der Waals surface area (Å²) in [6.45, 7) is 3.10. The van der Waals surface area contributed by atoms with E-state index in [0.29, 0.717) is 41.2 Å². The van der Waals surface area contributed by atoms with Crippen LogP contribution in [-0.4, -0.2) is 64.8 Å². The first kappa shape index (κ1) is 17.2. The number of carbonyl (C=O) groups is 2. The molecule has 7 nitrogen and oxygen atoms in total. The lowest BCUT2D eigenvalue weighted by Gasteiger charge is -2.32. The van der Waals surface area contributed by atoms with Gasteiger partial charge in [-0.25, -0.2) is 9.78 Å². The van der Waals surface area contributed by atoms with Gasteiger partial charge in [0, 0.05) is 37.3 Å². The van der Waals surface area contributed by atoms with Crippen molar-refractivity contribution in [2.45, 2.75) is 0 Å². The molecule has 27 heavy (non-hydrogen) atoms. The Morgan fingerprint density at radius 3 is 2.48 bits per heavy atom. The van der Waals surface area contributed by atoms with Gasteiger partial charge in [0.15, 0.2) is 5.78 Å². The molecule has 1 aliphatic heterocycles. The van der Waals surface area contributed by atoms with Crippen LogP contribution in [0.15, 0.2) is 48.5 Å². The quantitative estimate of drug-likeness (QED) is 0.701. The number of rotatable bonds is 3. The number of aromatic nitrogens is 2. The third-order valence-corrected chi connectivity index (χ3v) is 4.80. The van der Waals surface area contributed by atoms with E-state index in [2.05, 4.69) is 20.2 Å². The molecule has 1 saturated heterocycles. The summed E-state index contributed by atoms with van der Waals surface area (Å²) in [7, 11) is 2.04. The third kappa shape index (κ3) is 3.68. The van der Waals surface area contributed by atoms with Crippen molar-refractivity contribution in [3.63, 3.8) is 0 Å². The highest BCUT2D eigenvalue weighted by Gasteiger charge is 2.20. The highest BCUT2D eigenvalue weighted by Crippen LogP contribution is 2.19. The molecule has 0 radical (unpaired) electrons. The van der Waals surface area contributed by atoms with Gasteiger partial charge in [0.2, 0.25) is 5.95 Å². The van der Waals surface area contributed by atoms with Gasteiger partial charge in [0.05, 0.1) is 11.0 Å². The molecule has 0 atom stereocenters. The van der Waals surface area contributed by atoms with Crippen LogP contribution in [0.3, 0.4) is 0 Å². The lowest BCUT2D eigenvalue weighted by molar-refractivity contribution is 0.103. The molecular weight excluding hydrogens is 342 g/mol. The van der Waals surface area contributed by atoms with Gasteiger partial charge in [0.25, 0.3) is 0 Å². The van der Waals surface area contributed by atoms with E-state index in [9.17, 15) is 9.59 Å². The number of hydrogen-bond donors (Lipinski definition) is 2. The average molecular weight is 363 g/mol. The Balaban J connectivity index is 1.51.